The first-order valence-corrected chi connectivity index (χ1v) is 7.57. The van der Waals surface area contributed by atoms with Crippen molar-refractivity contribution in [1.29, 1.82) is 0 Å². The van der Waals surface area contributed by atoms with Crippen LogP contribution in [-0.4, -0.2) is 16.5 Å². The van der Waals surface area contributed by atoms with Gasteiger partial charge in [0.1, 0.15) is 11.2 Å². The summed E-state index contributed by atoms with van der Waals surface area (Å²) in [4.78, 5) is 16.9. The van der Waals surface area contributed by atoms with Crippen LogP contribution in [-0.2, 0) is 0 Å². The van der Waals surface area contributed by atoms with Crippen molar-refractivity contribution < 1.29 is 9.21 Å². The van der Waals surface area contributed by atoms with Gasteiger partial charge >= 0.3 is 6.01 Å². The first-order chi connectivity index (χ1) is 11.8. The van der Waals surface area contributed by atoms with E-state index >= 15 is 0 Å². The number of rotatable bonds is 2. The van der Waals surface area contributed by atoms with E-state index in [9.17, 15) is 4.79 Å². The average molecular weight is 313 g/mol. The van der Waals surface area contributed by atoms with Crippen LogP contribution < -0.4 is 5.43 Å². The molecular formula is C19H11N3O2. The molecule has 0 fully saturated rings. The molecule has 5 heteroatoms. The van der Waals surface area contributed by atoms with Crippen molar-refractivity contribution in [1.82, 2.24) is 4.98 Å². The highest BCUT2D eigenvalue weighted by atomic mass is 16.4. The molecule has 24 heavy (non-hydrogen) atoms. The van der Waals surface area contributed by atoms with Crippen LogP contribution in [0.4, 0.5) is 6.01 Å². The molecule has 0 saturated carbocycles. The lowest BCUT2D eigenvalue weighted by Gasteiger charge is -1.99. The second kappa shape index (κ2) is 4.76. The van der Waals surface area contributed by atoms with Gasteiger partial charge in [-0.3, -0.25) is 4.79 Å². The number of ketones is 1. The third-order valence-electron chi connectivity index (χ3n) is 4.18. The number of benzene rings is 3. The third kappa shape index (κ3) is 1.78. The highest BCUT2D eigenvalue weighted by Gasteiger charge is 2.28. The minimum atomic E-state index is -0.0922. The quantitative estimate of drug-likeness (QED) is 0.568. The van der Waals surface area contributed by atoms with Gasteiger partial charge in [-0.2, -0.15) is 10.1 Å². The fourth-order valence-corrected chi connectivity index (χ4v) is 3.11. The molecule has 1 aliphatic carbocycles. The number of nitrogens with zero attached hydrogens (tertiary/aromatic N) is 2. The zero-order chi connectivity index (χ0) is 16.1. The number of hydrogen-bond donors (Lipinski definition) is 1. The molecule has 0 spiro atoms. The molecule has 0 unspecified atom stereocenters. The molecule has 0 aliphatic heterocycles. The molecule has 1 aliphatic rings. The maximum atomic E-state index is 12.6. The fraction of sp³-hybridized carbons (Fsp3) is 0. The Kier molecular flexibility index (Phi) is 2.58. The van der Waals surface area contributed by atoms with Crippen LogP contribution in [0.25, 0.3) is 21.9 Å². The molecule has 0 amide bonds. The minimum Gasteiger partial charge on any atom is -0.422 e. The fourth-order valence-electron chi connectivity index (χ4n) is 3.11. The van der Waals surface area contributed by atoms with Crippen LogP contribution in [0.1, 0.15) is 15.9 Å². The van der Waals surface area contributed by atoms with Gasteiger partial charge in [-0.25, -0.2) is 5.43 Å². The van der Waals surface area contributed by atoms with E-state index < -0.39 is 0 Å². The van der Waals surface area contributed by atoms with E-state index in [-0.39, 0.29) is 11.8 Å². The van der Waals surface area contributed by atoms with E-state index in [2.05, 4.69) is 15.5 Å². The van der Waals surface area contributed by atoms with Crippen molar-refractivity contribution in [2.24, 2.45) is 5.10 Å². The second-order valence-electron chi connectivity index (χ2n) is 5.60. The molecule has 5 rings (SSSR count). The van der Waals surface area contributed by atoms with Crippen LogP contribution >= 0.6 is 0 Å². The lowest BCUT2D eigenvalue weighted by Crippen LogP contribution is -2.11. The van der Waals surface area contributed by atoms with Gasteiger partial charge in [-0.15, -0.1) is 0 Å². The zero-order valence-electron chi connectivity index (χ0n) is 12.5. The van der Waals surface area contributed by atoms with Crippen molar-refractivity contribution in [2.75, 3.05) is 5.43 Å². The number of nitrogens with one attached hydrogen (secondary N) is 1. The number of Topliss-reactive ketones (excluding diaryl/α,β-unsaturated/α-hetero) is 1. The summed E-state index contributed by atoms with van der Waals surface area (Å²) in [5.74, 6) is -0.0922. The van der Waals surface area contributed by atoms with Crippen molar-refractivity contribution in [3.8, 4) is 0 Å². The Morgan fingerprint density at radius 1 is 0.917 bits per heavy atom. The molecule has 1 N–H and O–H groups in total. The number of hydrogen-bond acceptors (Lipinski definition) is 5. The highest BCUT2D eigenvalue weighted by Crippen LogP contribution is 2.31. The van der Waals surface area contributed by atoms with E-state index in [0.717, 1.165) is 21.9 Å². The lowest BCUT2D eigenvalue weighted by molar-refractivity contribution is 0.107. The summed E-state index contributed by atoms with van der Waals surface area (Å²) in [7, 11) is 0. The topological polar surface area (TPSA) is 67.5 Å². The summed E-state index contributed by atoms with van der Waals surface area (Å²) in [6.45, 7) is 0. The SMILES string of the molecule is O=C1/C(=N\Nc2nc3ccccc3o2)c2cccc3cccc1c23. The monoisotopic (exact) mass is 313 g/mol. The molecule has 3 aromatic carbocycles. The van der Waals surface area contributed by atoms with Crippen molar-refractivity contribution >= 4 is 39.4 Å². The number of hydrazone groups is 1. The predicted molar refractivity (Wildman–Crippen MR) is 92.4 cm³/mol. The Labute approximate surface area is 136 Å². The van der Waals surface area contributed by atoms with Gasteiger partial charge in [0.15, 0.2) is 5.58 Å². The molecule has 0 atom stereocenters. The molecule has 0 radical (unpaired) electrons. The Morgan fingerprint density at radius 3 is 2.54 bits per heavy atom. The van der Waals surface area contributed by atoms with Crippen LogP contribution in [0.2, 0.25) is 0 Å². The van der Waals surface area contributed by atoms with Gasteiger partial charge in [-0.1, -0.05) is 48.5 Å². The summed E-state index contributed by atoms with van der Waals surface area (Å²) in [5, 5.41) is 6.25. The maximum Gasteiger partial charge on any atom is 0.316 e. The molecule has 1 aromatic heterocycles. The molecule has 0 saturated heterocycles. The summed E-state index contributed by atoms with van der Waals surface area (Å²) >= 11 is 0. The van der Waals surface area contributed by atoms with Gasteiger partial charge in [-0.05, 0) is 17.5 Å². The maximum absolute atomic E-state index is 12.6. The Morgan fingerprint density at radius 2 is 1.71 bits per heavy atom. The van der Waals surface area contributed by atoms with Crippen LogP contribution in [0.15, 0.2) is 70.2 Å². The molecule has 1 heterocycles. The van der Waals surface area contributed by atoms with Crippen LogP contribution in [0.5, 0.6) is 0 Å². The van der Waals surface area contributed by atoms with Gasteiger partial charge < -0.3 is 4.42 Å². The largest absolute Gasteiger partial charge is 0.422 e. The molecule has 0 bridgehead atoms. The van der Waals surface area contributed by atoms with Gasteiger partial charge in [0.05, 0.1) is 0 Å². The van der Waals surface area contributed by atoms with E-state index in [4.69, 9.17) is 4.42 Å². The number of anilines is 1. The first kappa shape index (κ1) is 13.0. The first-order valence-electron chi connectivity index (χ1n) is 7.57. The highest BCUT2D eigenvalue weighted by molar-refractivity contribution is 6.59. The van der Waals surface area contributed by atoms with Gasteiger partial charge in [0.25, 0.3) is 0 Å². The number of fused-ring (bicyclic) bond motifs is 1. The predicted octanol–water partition coefficient (Wildman–Crippen LogP) is 3.99. The van der Waals surface area contributed by atoms with Gasteiger partial charge in [0.2, 0.25) is 5.78 Å². The molecule has 4 aromatic rings. The van der Waals surface area contributed by atoms with Crippen LogP contribution in [0, 0.1) is 0 Å². The number of carbonyl (C=O) groups is 1. The van der Waals surface area contributed by atoms with Crippen molar-refractivity contribution in [3.05, 3.63) is 71.8 Å². The number of aromatic nitrogens is 1. The normalized spacial score (nSPS) is 14.8. The Hall–Kier alpha value is -3.47. The van der Waals surface area contributed by atoms with Crippen molar-refractivity contribution in [2.45, 2.75) is 0 Å². The molecule has 5 nitrogen and oxygen atoms in total. The standard InChI is InChI=1S/C19H11N3O2/c23-18-13-8-4-6-11-5-3-7-12(16(11)13)17(18)21-22-19-20-14-9-1-2-10-15(14)24-19/h1-10H,(H,20,22)/b21-17-. The molecule has 114 valence electrons. The molecular weight excluding hydrogens is 302 g/mol. The van der Waals surface area contributed by atoms with E-state index in [1.165, 1.54) is 0 Å². The summed E-state index contributed by atoms with van der Waals surface area (Å²) in [5.41, 5.74) is 6.07. The van der Waals surface area contributed by atoms with E-state index in [0.29, 0.717) is 16.9 Å². The number of oxazole rings is 1. The Balaban J connectivity index is 1.59. The van der Waals surface area contributed by atoms with Crippen molar-refractivity contribution in [3.63, 3.8) is 0 Å². The lowest BCUT2D eigenvalue weighted by atomic mass is 10.1. The van der Waals surface area contributed by atoms with Gasteiger partial charge in [0, 0.05) is 16.5 Å². The smallest absolute Gasteiger partial charge is 0.316 e. The minimum absolute atomic E-state index is 0.0922. The zero-order valence-corrected chi connectivity index (χ0v) is 12.5. The summed E-state index contributed by atoms with van der Waals surface area (Å²) in [6.07, 6.45) is 0. The van der Waals surface area contributed by atoms with E-state index in [1.54, 1.807) is 0 Å². The summed E-state index contributed by atoms with van der Waals surface area (Å²) in [6, 6.07) is 19.2. The summed E-state index contributed by atoms with van der Waals surface area (Å²) < 4.78 is 5.57. The number of para-hydroxylation sites is 2. The third-order valence-corrected chi connectivity index (χ3v) is 4.18. The van der Waals surface area contributed by atoms with Crippen LogP contribution in [0.3, 0.4) is 0 Å². The van der Waals surface area contributed by atoms with E-state index in [1.807, 2.05) is 60.7 Å². The average Bonchev–Trinajstić information content (AvgIpc) is 3.15. The second-order valence-corrected chi connectivity index (χ2v) is 5.60. The Bertz CT molecular complexity index is 1120. The number of carbonyl (C=O) groups excluding carboxylic acids is 1.